The van der Waals surface area contributed by atoms with Gasteiger partial charge in [0.2, 0.25) is 0 Å². The molecule has 0 aromatic heterocycles. The van der Waals surface area contributed by atoms with E-state index in [0.717, 1.165) is 24.2 Å². The van der Waals surface area contributed by atoms with Gasteiger partial charge in [0.05, 0.1) is 0 Å². The van der Waals surface area contributed by atoms with Crippen LogP contribution < -0.4 is 10.2 Å². The summed E-state index contributed by atoms with van der Waals surface area (Å²) in [6.45, 7) is 25.6. The van der Waals surface area contributed by atoms with Gasteiger partial charge in [-0.2, -0.15) is 0 Å². The lowest BCUT2D eigenvalue weighted by Gasteiger charge is -2.33. The fourth-order valence-corrected chi connectivity index (χ4v) is 6.57. The first kappa shape index (κ1) is 29.1. The lowest BCUT2D eigenvalue weighted by atomic mass is 9.88. The van der Waals surface area contributed by atoms with E-state index in [0.29, 0.717) is 18.0 Å². The largest absolute Gasteiger partial charge is 0.281 e. The predicted molar refractivity (Wildman–Crippen MR) is 137 cm³/mol. The zero-order valence-electron chi connectivity index (χ0n) is 21.5. The molecule has 0 aliphatic rings. The molecule has 2 nitrogen and oxygen atoms in total. The fraction of sp³-hybridized carbons (Fsp3) is 0.923. The summed E-state index contributed by atoms with van der Waals surface area (Å²) < 4.78 is 0. The van der Waals surface area contributed by atoms with Gasteiger partial charge in [0.1, 0.15) is 0 Å². The van der Waals surface area contributed by atoms with Gasteiger partial charge in [-0.3, -0.25) is 10.2 Å². The van der Waals surface area contributed by atoms with Crippen LogP contribution in [0.2, 0.25) is 0 Å². The second-order valence-electron chi connectivity index (χ2n) is 10.1. The highest BCUT2D eigenvalue weighted by atomic mass is 31.1. The summed E-state index contributed by atoms with van der Waals surface area (Å²) >= 11 is 0. The topological polar surface area (TPSA) is 24.1 Å². The van der Waals surface area contributed by atoms with E-state index in [4.69, 9.17) is 0 Å². The third-order valence-electron chi connectivity index (χ3n) is 6.37. The van der Waals surface area contributed by atoms with E-state index in [1.165, 1.54) is 56.7 Å². The molecule has 0 radical (unpaired) electrons. The van der Waals surface area contributed by atoms with Crippen LogP contribution in [0.15, 0.2) is 12.2 Å². The van der Waals surface area contributed by atoms with E-state index in [1.807, 2.05) is 0 Å². The van der Waals surface area contributed by atoms with Crippen LogP contribution in [-0.2, 0) is 0 Å². The Kier molecular flexibility index (Phi) is 16.8. The molecule has 0 fully saturated rings. The molecule has 0 aliphatic heterocycles. The molecule has 0 saturated carbocycles. The first-order valence-electron chi connectivity index (χ1n) is 12.7. The number of hydrogen-bond acceptors (Lipinski definition) is 2. The highest BCUT2D eigenvalue weighted by Gasteiger charge is 2.23. The Hall–Kier alpha value is 0.0900. The van der Waals surface area contributed by atoms with Crippen LogP contribution in [0.1, 0.15) is 114 Å². The number of hydrogen-bond donors (Lipinski definition) is 2. The summed E-state index contributed by atoms with van der Waals surface area (Å²) in [6.07, 6.45) is 11.2. The van der Waals surface area contributed by atoms with E-state index < -0.39 is 0 Å². The summed E-state index contributed by atoms with van der Waals surface area (Å²) in [5, 5.41) is 8.18. The molecule has 0 bridgehead atoms. The molecular formula is C26H55N2P. The molecule has 0 aromatic carbocycles. The van der Waals surface area contributed by atoms with Crippen LogP contribution >= 0.6 is 8.22 Å². The van der Waals surface area contributed by atoms with Crippen LogP contribution in [0.3, 0.4) is 0 Å². The molecule has 0 spiro atoms. The van der Waals surface area contributed by atoms with Crippen molar-refractivity contribution in [2.75, 3.05) is 6.16 Å². The molecule has 0 aliphatic carbocycles. The molecule has 0 heterocycles. The van der Waals surface area contributed by atoms with E-state index in [-0.39, 0.29) is 8.22 Å². The van der Waals surface area contributed by atoms with Gasteiger partial charge < -0.3 is 0 Å². The Bertz CT molecular complexity index is 408. The number of nitrogens with one attached hydrogen (secondary N) is 2. The van der Waals surface area contributed by atoms with Gasteiger partial charge in [-0.05, 0) is 61.9 Å². The van der Waals surface area contributed by atoms with E-state index in [1.54, 1.807) is 0 Å². The van der Waals surface area contributed by atoms with Crippen molar-refractivity contribution in [3.63, 3.8) is 0 Å². The van der Waals surface area contributed by atoms with Gasteiger partial charge in [-0.15, -0.1) is 0 Å². The maximum Gasteiger partial charge on any atom is 0.0346 e. The molecule has 2 N–H and O–H groups in total. The molecule has 3 heteroatoms. The van der Waals surface area contributed by atoms with Gasteiger partial charge in [0.25, 0.3) is 0 Å². The highest BCUT2D eigenvalue weighted by molar-refractivity contribution is 7.53. The fourth-order valence-electron chi connectivity index (χ4n) is 4.25. The Morgan fingerprint density at radius 1 is 0.828 bits per heavy atom. The van der Waals surface area contributed by atoms with Gasteiger partial charge in [-0.25, -0.2) is 0 Å². The second kappa shape index (κ2) is 16.7. The minimum Gasteiger partial charge on any atom is -0.281 e. The van der Waals surface area contributed by atoms with Crippen LogP contribution in [0, 0.1) is 23.7 Å². The molecule has 0 amide bonds. The monoisotopic (exact) mass is 426 g/mol. The Balaban J connectivity index is 5.30. The number of rotatable bonds is 18. The van der Waals surface area contributed by atoms with Gasteiger partial charge >= 0.3 is 0 Å². The zero-order chi connectivity index (χ0) is 22.4. The van der Waals surface area contributed by atoms with Crippen molar-refractivity contribution in [1.82, 2.24) is 10.2 Å². The quantitative estimate of drug-likeness (QED) is 0.169. The zero-order valence-corrected chi connectivity index (χ0v) is 22.4. The van der Waals surface area contributed by atoms with Crippen LogP contribution in [0.5, 0.6) is 0 Å². The minimum absolute atomic E-state index is 0.378. The Morgan fingerprint density at radius 3 is 1.90 bits per heavy atom. The highest BCUT2D eigenvalue weighted by Crippen LogP contribution is 2.36. The minimum atomic E-state index is -0.378. The van der Waals surface area contributed by atoms with Crippen LogP contribution in [0.4, 0.5) is 0 Å². The lowest BCUT2D eigenvalue weighted by Crippen LogP contribution is -2.37. The third-order valence-corrected chi connectivity index (χ3v) is 8.37. The van der Waals surface area contributed by atoms with Gasteiger partial charge in [-0.1, -0.05) is 93.7 Å². The molecular weight excluding hydrogens is 371 g/mol. The molecule has 0 aromatic rings. The third kappa shape index (κ3) is 13.2. The smallest absolute Gasteiger partial charge is 0.0346 e. The van der Waals surface area contributed by atoms with E-state index in [2.05, 4.69) is 79.1 Å². The van der Waals surface area contributed by atoms with Gasteiger partial charge in [0, 0.05) is 20.3 Å². The van der Waals surface area contributed by atoms with Crippen molar-refractivity contribution in [3.8, 4) is 0 Å². The summed E-state index contributed by atoms with van der Waals surface area (Å²) in [4.78, 5) is 0. The average Bonchev–Trinajstić information content (AvgIpc) is 2.66. The van der Waals surface area contributed by atoms with Crippen molar-refractivity contribution < 1.29 is 0 Å². The summed E-state index contributed by atoms with van der Waals surface area (Å²) in [7, 11) is -0.378. The average molecular weight is 427 g/mol. The first-order chi connectivity index (χ1) is 13.7. The maximum atomic E-state index is 4.47. The Morgan fingerprint density at radius 2 is 1.45 bits per heavy atom. The normalized spacial score (nSPS) is 17.3. The van der Waals surface area contributed by atoms with Crippen molar-refractivity contribution in [1.29, 1.82) is 0 Å². The molecule has 5 atom stereocenters. The van der Waals surface area contributed by atoms with Crippen molar-refractivity contribution >= 4 is 8.22 Å². The van der Waals surface area contributed by atoms with Crippen molar-refractivity contribution in [2.24, 2.45) is 23.7 Å². The molecule has 174 valence electrons. The summed E-state index contributed by atoms with van der Waals surface area (Å²) in [5.41, 5.74) is 1.40. The molecule has 29 heavy (non-hydrogen) atoms. The van der Waals surface area contributed by atoms with Crippen molar-refractivity contribution in [2.45, 2.75) is 126 Å². The maximum absolute atomic E-state index is 4.47. The second-order valence-corrected chi connectivity index (χ2v) is 11.9. The van der Waals surface area contributed by atoms with E-state index >= 15 is 0 Å². The molecule has 0 saturated heterocycles. The molecule has 0 rings (SSSR count). The van der Waals surface area contributed by atoms with E-state index in [9.17, 15) is 0 Å². The van der Waals surface area contributed by atoms with Gasteiger partial charge in [0.15, 0.2) is 0 Å². The standard InChI is InChI=1S/C26H55N2P/c1-11-15-23(10)26(19-21(7)8)28-29(27-25(14-4)18-20(5)6)17-16-24(13-3)22(9)12-2/h20-22,24-28H,10-19H2,1-9H3. The first-order valence-corrected chi connectivity index (χ1v) is 14.2. The molecule has 5 unspecified atom stereocenters. The SMILES string of the molecule is C=C(CCC)C(CC(C)C)NP(CCC(CC)C(C)CC)NC(CC)CC(C)C. The van der Waals surface area contributed by atoms with Crippen LogP contribution in [-0.4, -0.2) is 18.2 Å². The summed E-state index contributed by atoms with van der Waals surface area (Å²) in [5.74, 6) is 3.12. The Labute approximate surface area is 186 Å². The predicted octanol–water partition coefficient (Wildman–Crippen LogP) is 8.54. The lowest BCUT2D eigenvalue weighted by molar-refractivity contribution is 0.329. The summed E-state index contributed by atoms with van der Waals surface area (Å²) in [6, 6.07) is 1.07. The van der Waals surface area contributed by atoms with Crippen molar-refractivity contribution in [3.05, 3.63) is 12.2 Å². The van der Waals surface area contributed by atoms with Crippen LogP contribution in [0.25, 0.3) is 0 Å².